The zero-order valence-electron chi connectivity index (χ0n) is 13.7. The lowest BCUT2D eigenvalue weighted by Gasteiger charge is -2.27. The minimum absolute atomic E-state index is 0.185. The van der Waals surface area contributed by atoms with Crippen molar-refractivity contribution in [2.24, 2.45) is 0 Å². The highest BCUT2D eigenvalue weighted by molar-refractivity contribution is 7.12. The first-order valence-electron chi connectivity index (χ1n) is 7.94. The Hall–Kier alpha value is -2.40. The third-order valence-corrected chi connectivity index (χ3v) is 5.11. The van der Waals surface area contributed by atoms with Gasteiger partial charge in [-0.15, -0.1) is 11.3 Å². The van der Waals surface area contributed by atoms with E-state index in [0.29, 0.717) is 11.4 Å². The van der Waals surface area contributed by atoms with Crippen LogP contribution in [-0.4, -0.2) is 28.2 Å². The van der Waals surface area contributed by atoms with Crippen molar-refractivity contribution in [1.29, 1.82) is 0 Å². The monoisotopic (exact) mass is 341 g/mol. The predicted octanol–water partition coefficient (Wildman–Crippen LogP) is 4.04. The molecule has 1 amide bonds. The zero-order chi connectivity index (χ0) is 17.3. The molecule has 0 aliphatic carbocycles. The van der Waals surface area contributed by atoms with Crippen LogP contribution in [0, 0.1) is 6.92 Å². The molecule has 2 heterocycles. The highest BCUT2D eigenvalue weighted by Crippen LogP contribution is 2.40. The van der Waals surface area contributed by atoms with Crippen molar-refractivity contribution in [3.05, 3.63) is 69.1 Å². The second-order valence-electron chi connectivity index (χ2n) is 5.83. The Kier molecular flexibility index (Phi) is 4.53. The van der Waals surface area contributed by atoms with E-state index in [1.54, 1.807) is 17.0 Å². The second-order valence-corrected chi connectivity index (χ2v) is 6.77. The van der Waals surface area contributed by atoms with Crippen molar-refractivity contribution in [1.82, 2.24) is 4.90 Å². The SMILES string of the molecule is CCCN1C(=O)C(O)=C(C(=O)c2cccs2)C1c1ccccc1C. The van der Waals surface area contributed by atoms with Gasteiger partial charge in [-0.2, -0.15) is 0 Å². The molecule has 2 aromatic rings. The first kappa shape index (κ1) is 16.5. The second kappa shape index (κ2) is 6.61. The number of Topliss-reactive ketones (excluding diaryl/α,β-unsaturated/α-hetero) is 1. The van der Waals surface area contributed by atoms with E-state index in [9.17, 15) is 14.7 Å². The number of ketones is 1. The quantitative estimate of drug-likeness (QED) is 0.835. The summed E-state index contributed by atoms with van der Waals surface area (Å²) in [6.07, 6.45) is 0.752. The van der Waals surface area contributed by atoms with Crippen molar-refractivity contribution in [3.8, 4) is 0 Å². The third-order valence-electron chi connectivity index (χ3n) is 4.24. The van der Waals surface area contributed by atoms with Gasteiger partial charge in [0.15, 0.2) is 5.76 Å². The summed E-state index contributed by atoms with van der Waals surface area (Å²) in [5.41, 5.74) is 2.05. The van der Waals surface area contributed by atoms with E-state index in [0.717, 1.165) is 17.5 Å². The van der Waals surface area contributed by atoms with Crippen molar-refractivity contribution < 1.29 is 14.7 Å². The van der Waals surface area contributed by atoms with Gasteiger partial charge in [0.1, 0.15) is 0 Å². The van der Waals surface area contributed by atoms with E-state index in [1.807, 2.05) is 43.5 Å². The molecule has 24 heavy (non-hydrogen) atoms. The number of benzene rings is 1. The van der Waals surface area contributed by atoms with Gasteiger partial charge < -0.3 is 10.0 Å². The molecule has 0 saturated carbocycles. The number of aliphatic hydroxyl groups is 1. The van der Waals surface area contributed by atoms with Gasteiger partial charge in [0.2, 0.25) is 5.78 Å². The maximum atomic E-state index is 12.9. The molecule has 5 heteroatoms. The zero-order valence-corrected chi connectivity index (χ0v) is 14.5. The summed E-state index contributed by atoms with van der Waals surface area (Å²) >= 11 is 1.31. The molecule has 1 atom stereocenters. The van der Waals surface area contributed by atoms with Gasteiger partial charge in [0.05, 0.1) is 16.5 Å². The fourth-order valence-corrected chi connectivity index (χ4v) is 3.79. The van der Waals surface area contributed by atoms with Crippen LogP contribution in [0.3, 0.4) is 0 Å². The number of aliphatic hydroxyl groups excluding tert-OH is 1. The van der Waals surface area contributed by atoms with Gasteiger partial charge in [-0.1, -0.05) is 37.3 Å². The molecule has 1 N–H and O–H groups in total. The van der Waals surface area contributed by atoms with Crippen molar-refractivity contribution in [2.45, 2.75) is 26.3 Å². The minimum Gasteiger partial charge on any atom is -0.503 e. The number of nitrogens with zero attached hydrogens (tertiary/aromatic N) is 1. The van der Waals surface area contributed by atoms with Gasteiger partial charge in [0, 0.05) is 6.54 Å². The first-order valence-corrected chi connectivity index (χ1v) is 8.82. The summed E-state index contributed by atoms with van der Waals surface area (Å²) in [5, 5.41) is 12.2. The van der Waals surface area contributed by atoms with Gasteiger partial charge in [-0.25, -0.2) is 0 Å². The number of thiophene rings is 1. The Bertz CT molecular complexity index is 808. The summed E-state index contributed by atoms with van der Waals surface area (Å²) < 4.78 is 0. The number of hydrogen-bond acceptors (Lipinski definition) is 4. The molecule has 0 bridgehead atoms. The molecule has 0 fully saturated rings. The molecule has 0 saturated heterocycles. The minimum atomic E-state index is -0.534. The van der Waals surface area contributed by atoms with E-state index >= 15 is 0 Å². The Morgan fingerprint density at radius 2 is 2.00 bits per heavy atom. The Morgan fingerprint density at radius 3 is 2.62 bits per heavy atom. The molecular weight excluding hydrogens is 322 g/mol. The molecule has 1 aromatic carbocycles. The predicted molar refractivity (Wildman–Crippen MR) is 94.2 cm³/mol. The molecule has 1 unspecified atom stereocenters. The van der Waals surface area contributed by atoms with Crippen LogP contribution < -0.4 is 0 Å². The molecule has 0 spiro atoms. The van der Waals surface area contributed by atoms with E-state index < -0.39 is 17.7 Å². The maximum Gasteiger partial charge on any atom is 0.290 e. The van der Waals surface area contributed by atoms with Crippen molar-refractivity contribution in [2.75, 3.05) is 6.54 Å². The number of carbonyl (C=O) groups is 2. The number of carbonyl (C=O) groups excluding carboxylic acids is 2. The average Bonchev–Trinajstić information content (AvgIpc) is 3.18. The van der Waals surface area contributed by atoms with Crippen LogP contribution in [-0.2, 0) is 4.79 Å². The number of hydrogen-bond donors (Lipinski definition) is 1. The highest BCUT2D eigenvalue weighted by Gasteiger charge is 2.43. The third kappa shape index (κ3) is 2.65. The Labute approximate surface area is 145 Å². The first-order chi connectivity index (χ1) is 11.6. The maximum absolute atomic E-state index is 12.9. The average molecular weight is 341 g/mol. The Morgan fingerprint density at radius 1 is 1.25 bits per heavy atom. The molecule has 3 rings (SSSR count). The largest absolute Gasteiger partial charge is 0.503 e. The van der Waals surface area contributed by atoms with Crippen LogP contribution in [0.25, 0.3) is 0 Å². The molecular formula is C19H19NO3S. The molecule has 4 nitrogen and oxygen atoms in total. The fraction of sp³-hybridized carbons (Fsp3) is 0.263. The summed E-state index contributed by atoms with van der Waals surface area (Å²) in [4.78, 5) is 27.6. The normalized spacial score (nSPS) is 17.7. The number of amides is 1. The van der Waals surface area contributed by atoms with Gasteiger partial charge in [0.25, 0.3) is 5.91 Å². The van der Waals surface area contributed by atoms with Crippen LogP contribution in [0.5, 0.6) is 0 Å². The summed E-state index contributed by atoms with van der Waals surface area (Å²) in [5.74, 6) is -1.16. The summed E-state index contributed by atoms with van der Waals surface area (Å²) in [6, 6.07) is 10.6. The molecule has 1 aromatic heterocycles. The summed E-state index contributed by atoms with van der Waals surface area (Å²) in [7, 11) is 0. The van der Waals surface area contributed by atoms with Crippen molar-refractivity contribution in [3.63, 3.8) is 0 Å². The van der Waals surface area contributed by atoms with Crippen LogP contribution in [0.1, 0.15) is 40.2 Å². The van der Waals surface area contributed by atoms with Crippen LogP contribution in [0.15, 0.2) is 53.1 Å². The topological polar surface area (TPSA) is 57.6 Å². The van der Waals surface area contributed by atoms with E-state index in [1.165, 1.54) is 11.3 Å². The van der Waals surface area contributed by atoms with Crippen LogP contribution in [0.4, 0.5) is 0 Å². The fourth-order valence-electron chi connectivity index (χ4n) is 3.11. The lowest BCUT2D eigenvalue weighted by atomic mass is 9.92. The van der Waals surface area contributed by atoms with Gasteiger partial charge in [-0.05, 0) is 35.9 Å². The standard InChI is InChI=1S/C19H19NO3S/c1-3-10-20-16(13-8-5-4-7-12(13)2)15(18(22)19(20)23)17(21)14-9-6-11-24-14/h4-9,11,16,22H,3,10H2,1-2H3. The molecule has 124 valence electrons. The van der Waals surface area contributed by atoms with Crippen molar-refractivity contribution >= 4 is 23.0 Å². The molecule has 0 radical (unpaired) electrons. The van der Waals surface area contributed by atoms with Gasteiger partial charge >= 0.3 is 0 Å². The number of rotatable bonds is 5. The van der Waals surface area contributed by atoms with Gasteiger partial charge in [-0.3, -0.25) is 9.59 Å². The molecule has 1 aliphatic rings. The lowest BCUT2D eigenvalue weighted by molar-refractivity contribution is -0.129. The molecule has 1 aliphatic heterocycles. The van der Waals surface area contributed by atoms with E-state index in [4.69, 9.17) is 0 Å². The smallest absolute Gasteiger partial charge is 0.290 e. The summed E-state index contributed by atoms with van der Waals surface area (Å²) in [6.45, 7) is 4.41. The van der Waals surface area contributed by atoms with E-state index in [2.05, 4.69) is 0 Å². The lowest BCUT2D eigenvalue weighted by Crippen LogP contribution is -2.32. The van der Waals surface area contributed by atoms with Crippen LogP contribution in [0.2, 0.25) is 0 Å². The van der Waals surface area contributed by atoms with E-state index in [-0.39, 0.29) is 11.4 Å². The highest BCUT2D eigenvalue weighted by atomic mass is 32.1. The van der Waals surface area contributed by atoms with Crippen LogP contribution >= 0.6 is 11.3 Å². The number of aryl methyl sites for hydroxylation is 1. The Balaban J connectivity index is 2.14.